The van der Waals surface area contributed by atoms with Crippen molar-refractivity contribution in [2.45, 2.75) is 49.6 Å². The summed E-state index contributed by atoms with van der Waals surface area (Å²) in [6.45, 7) is 2.85. The third kappa shape index (κ3) is 2.98. The van der Waals surface area contributed by atoms with E-state index in [4.69, 9.17) is 4.74 Å². The number of rotatable bonds is 4. The van der Waals surface area contributed by atoms with Gasteiger partial charge in [0.15, 0.2) is 0 Å². The van der Waals surface area contributed by atoms with E-state index in [0.29, 0.717) is 18.8 Å². The fourth-order valence-corrected chi connectivity index (χ4v) is 5.11. The second kappa shape index (κ2) is 5.66. The molecule has 21 heavy (non-hydrogen) atoms. The quantitative estimate of drug-likeness (QED) is 0.858. The lowest BCUT2D eigenvalue weighted by molar-refractivity contribution is 0.0569. The van der Waals surface area contributed by atoms with Crippen LogP contribution >= 0.6 is 0 Å². The predicted molar refractivity (Wildman–Crippen MR) is 77.0 cm³/mol. The molecule has 1 saturated carbocycles. The van der Waals surface area contributed by atoms with Crippen LogP contribution in [0.4, 0.5) is 4.39 Å². The van der Waals surface area contributed by atoms with E-state index < -0.39 is 15.8 Å². The Morgan fingerprint density at radius 1 is 1.14 bits per heavy atom. The minimum absolute atomic E-state index is 0.000651. The fraction of sp³-hybridized carbons (Fsp3) is 0.600. The molecule has 2 aliphatic rings. The van der Waals surface area contributed by atoms with Gasteiger partial charge >= 0.3 is 0 Å². The summed E-state index contributed by atoms with van der Waals surface area (Å²) >= 11 is 0. The number of sulfonamides is 1. The van der Waals surface area contributed by atoms with Gasteiger partial charge in [0.2, 0.25) is 10.0 Å². The number of benzene rings is 1. The number of hydrogen-bond acceptors (Lipinski definition) is 3. The number of halogens is 1. The zero-order chi connectivity index (χ0) is 15.0. The van der Waals surface area contributed by atoms with Crippen molar-refractivity contribution in [3.05, 3.63) is 29.6 Å². The molecule has 0 atom stereocenters. The molecule has 1 aliphatic heterocycles. The van der Waals surface area contributed by atoms with Crippen LogP contribution in [0.2, 0.25) is 0 Å². The number of hydrogen-bond donors (Lipinski definition) is 0. The van der Waals surface area contributed by atoms with Gasteiger partial charge in [0.1, 0.15) is 5.82 Å². The summed E-state index contributed by atoms with van der Waals surface area (Å²) in [5.41, 5.74) is 0.465. The molecule has 1 saturated heterocycles. The van der Waals surface area contributed by atoms with Crippen molar-refractivity contribution in [2.75, 3.05) is 13.2 Å². The number of ether oxygens (including phenoxy) is 1. The van der Waals surface area contributed by atoms with E-state index in [1.807, 2.05) is 0 Å². The summed E-state index contributed by atoms with van der Waals surface area (Å²) in [6.07, 6.45) is 3.29. The van der Waals surface area contributed by atoms with Crippen LogP contribution in [0.5, 0.6) is 0 Å². The molecule has 0 aromatic heterocycles. The first-order valence-corrected chi connectivity index (χ1v) is 8.81. The van der Waals surface area contributed by atoms with E-state index in [1.54, 1.807) is 11.2 Å². The van der Waals surface area contributed by atoms with Crippen molar-refractivity contribution in [3.8, 4) is 0 Å². The van der Waals surface area contributed by atoms with Crippen molar-refractivity contribution >= 4 is 10.0 Å². The molecule has 2 fully saturated rings. The first-order chi connectivity index (χ1) is 10.00. The minimum Gasteiger partial charge on any atom is -0.381 e. The molecule has 4 nitrogen and oxygen atoms in total. The van der Waals surface area contributed by atoms with Gasteiger partial charge in [-0.1, -0.05) is 0 Å². The first kappa shape index (κ1) is 14.9. The summed E-state index contributed by atoms with van der Waals surface area (Å²) in [7, 11) is -3.57. The molecular formula is C15H20FNO3S. The smallest absolute Gasteiger partial charge is 0.243 e. The molecule has 0 spiro atoms. The molecule has 0 N–H and O–H groups in total. The van der Waals surface area contributed by atoms with Crippen molar-refractivity contribution in [1.82, 2.24) is 4.31 Å². The molecule has 1 aromatic rings. The third-order valence-corrected chi connectivity index (χ3v) is 6.32. The third-order valence-electron chi connectivity index (χ3n) is 4.15. The van der Waals surface area contributed by atoms with Crippen LogP contribution < -0.4 is 0 Å². The standard InChI is InChI=1S/C15H20FNO3S/c1-11-10-12(16)2-5-15(11)21(18,19)17(13-3-4-13)14-6-8-20-9-7-14/h2,5,10,13-14H,3-4,6-9H2,1H3. The summed E-state index contributed by atoms with van der Waals surface area (Å²) in [5, 5.41) is 0. The molecule has 0 radical (unpaired) electrons. The van der Waals surface area contributed by atoms with E-state index >= 15 is 0 Å². The average molecular weight is 313 g/mol. The van der Waals surface area contributed by atoms with E-state index in [0.717, 1.165) is 25.7 Å². The van der Waals surface area contributed by atoms with Crippen LogP contribution in [0, 0.1) is 12.7 Å². The van der Waals surface area contributed by atoms with E-state index in [-0.39, 0.29) is 17.0 Å². The highest BCUT2D eigenvalue weighted by Crippen LogP contribution is 2.37. The van der Waals surface area contributed by atoms with Gasteiger partial charge in [-0.3, -0.25) is 0 Å². The second-order valence-corrected chi connectivity index (χ2v) is 7.63. The largest absolute Gasteiger partial charge is 0.381 e. The lowest BCUT2D eigenvalue weighted by Crippen LogP contribution is -2.44. The van der Waals surface area contributed by atoms with Crippen LogP contribution in [0.15, 0.2) is 23.1 Å². The number of nitrogens with zero attached hydrogens (tertiary/aromatic N) is 1. The molecule has 6 heteroatoms. The number of aryl methyl sites for hydroxylation is 1. The van der Waals surface area contributed by atoms with E-state index in [9.17, 15) is 12.8 Å². The molecule has 116 valence electrons. The van der Waals surface area contributed by atoms with E-state index in [2.05, 4.69) is 0 Å². The molecule has 1 aliphatic carbocycles. The van der Waals surface area contributed by atoms with Gasteiger partial charge in [-0.05, 0) is 56.4 Å². The summed E-state index contributed by atoms with van der Waals surface area (Å²) in [5.74, 6) is -0.407. The Bertz CT molecular complexity index is 622. The van der Waals surface area contributed by atoms with Crippen molar-refractivity contribution in [1.29, 1.82) is 0 Å². The van der Waals surface area contributed by atoms with Gasteiger partial charge in [-0.25, -0.2) is 12.8 Å². The Labute approximate surface area is 125 Å². The monoisotopic (exact) mass is 313 g/mol. The van der Waals surface area contributed by atoms with Crippen molar-refractivity contribution in [3.63, 3.8) is 0 Å². The normalized spacial score (nSPS) is 20.9. The SMILES string of the molecule is Cc1cc(F)ccc1S(=O)(=O)N(C1CCOCC1)C1CC1. The molecule has 1 heterocycles. The molecule has 3 rings (SSSR count). The van der Waals surface area contributed by atoms with Crippen LogP contribution in [-0.2, 0) is 14.8 Å². The maximum atomic E-state index is 13.2. The summed E-state index contributed by atoms with van der Waals surface area (Å²) in [6, 6.07) is 3.98. The lowest BCUT2D eigenvalue weighted by atomic mass is 10.1. The maximum Gasteiger partial charge on any atom is 0.243 e. The van der Waals surface area contributed by atoms with Crippen LogP contribution in [0.1, 0.15) is 31.2 Å². The van der Waals surface area contributed by atoms with Crippen LogP contribution in [0.25, 0.3) is 0 Å². The highest BCUT2D eigenvalue weighted by atomic mass is 32.2. The zero-order valence-corrected chi connectivity index (χ0v) is 12.9. The Balaban J connectivity index is 1.96. The Morgan fingerprint density at radius 3 is 2.33 bits per heavy atom. The second-order valence-electron chi connectivity index (χ2n) is 5.82. The minimum atomic E-state index is -3.57. The molecule has 0 unspecified atom stereocenters. The molecule has 1 aromatic carbocycles. The van der Waals surface area contributed by atoms with Crippen molar-refractivity contribution < 1.29 is 17.5 Å². The molecule has 0 amide bonds. The van der Waals surface area contributed by atoms with Crippen LogP contribution in [0.3, 0.4) is 0 Å². The summed E-state index contributed by atoms with van der Waals surface area (Å²) in [4.78, 5) is 0.224. The van der Waals surface area contributed by atoms with E-state index in [1.165, 1.54) is 18.2 Å². The topological polar surface area (TPSA) is 46.6 Å². The molecular weight excluding hydrogens is 293 g/mol. The van der Waals surface area contributed by atoms with Crippen molar-refractivity contribution in [2.24, 2.45) is 0 Å². The van der Waals surface area contributed by atoms with Gasteiger partial charge in [-0.2, -0.15) is 4.31 Å². The Hall–Kier alpha value is -0.980. The lowest BCUT2D eigenvalue weighted by Gasteiger charge is -2.33. The van der Waals surface area contributed by atoms with Gasteiger partial charge in [0.05, 0.1) is 4.90 Å². The van der Waals surface area contributed by atoms with Gasteiger partial charge in [-0.15, -0.1) is 0 Å². The van der Waals surface area contributed by atoms with Gasteiger partial charge < -0.3 is 4.74 Å². The highest BCUT2D eigenvalue weighted by Gasteiger charge is 2.43. The summed E-state index contributed by atoms with van der Waals surface area (Å²) < 4.78 is 46.3. The zero-order valence-electron chi connectivity index (χ0n) is 12.1. The highest BCUT2D eigenvalue weighted by molar-refractivity contribution is 7.89. The average Bonchev–Trinajstić information content (AvgIpc) is 3.24. The van der Waals surface area contributed by atoms with Gasteiger partial charge in [0.25, 0.3) is 0 Å². The maximum absolute atomic E-state index is 13.2. The fourth-order valence-electron chi connectivity index (χ4n) is 2.98. The first-order valence-electron chi connectivity index (χ1n) is 7.37. The predicted octanol–water partition coefficient (Wildman–Crippen LogP) is 2.47. The Morgan fingerprint density at radius 2 is 1.76 bits per heavy atom. The molecule has 0 bridgehead atoms. The van der Waals surface area contributed by atoms with Gasteiger partial charge in [0, 0.05) is 25.3 Å². The van der Waals surface area contributed by atoms with Crippen LogP contribution in [-0.4, -0.2) is 38.0 Å². The Kier molecular flexibility index (Phi) is 4.03.